The average Bonchev–Trinajstić information content (AvgIpc) is 3.36. The van der Waals surface area contributed by atoms with E-state index >= 15 is 0 Å². The van der Waals surface area contributed by atoms with E-state index in [0.717, 1.165) is 6.34 Å². The van der Waals surface area contributed by atoms with Crippen molar-refractivity contribution in [3.63, 3.8) is 0 Å². The minimum Gasteiger partial charge on any atom is -0.442 e. The molecule has 1 atom stereocenters. The summed E-state index contributed by atoms with van der Waals surface area (Å²) in [4.78, 5) is 21.5. The SMILES string of the molecule is NC=NCC1CN(c2ccc(-c3ccc(-n4cnnn4)nc3)c(F)c2)C(=O)O1. The minimum absolute atomic E-state index is 0.263. The Balaban J connectivity index is 1.54. The van der Waals surface area contributed by atoms with Gasteiger partial charge in [-0.15, -0.1) is 5.10 Å². The van der Waals surface area contributed by atoms with Crippen molar-refractivity contribution in [2.24, 2.45) is 10.7 Å². The molecule has 0 spiro atoms. The fourth-order valence-electron chi connectivity index (χ4n) is 2.86. The van der Waals surface area contributed by atoms with E-state index in [4.69, 9.17) is 10.5 Å². The van der Waals surface area contributed by atoms with Gasteiger partial charge in [-0.25, -0.2) is 14.2 Å². The summed E-state index contributed by atoms with van der Waals surface area (Å²) in [6.45, 7) is 0.537. The van der Waals surface area contributed by atoms with Crippen molar-refractivity contribution in [3.8, 4) is 16.9 Å². The number of tetrazole rings is 1. The number of pyridine rings is 1. The summed E-state index contributed by atoms with van der Waals surface area (Å²) in [5, 5.41) is 10.8. The molecule has 1 unspecified atom stereocenters. The van der Waals surface area contributed by atoms with Crippen LogP contribution >= 0.6 is 0 Å². The van der Waals surface area contributed by atoms with E-state index in [9.17, 15) is 9.18 Å². The van der Waals surface area contributed by atoms with Gasteiger partial charge in [0.1, 0.15) is 18.2 Å². The molecule has 1 saturated heterocycles. The van der Waals surface area contributed by atoms with Crippen molar-refractivity contribution in [3.05, 3.63) is 48.7 Å². The number of nitrogens with two attached hydrogens (primary N) is 1. The number of benzene rings is 1. The van der Waals surface area contributed by atoms with Gasteiger partial charge >= 0.3 is 6.09 Å². The molecule has 11 heteroatoms. The summed E-state index contributed by atoms with van der Waals surface area (Å²) >= 11 is 0. The number of aliphatic imine (C=N–C) groups is 1. The van der Waals surface area contributed by atoms with Crippen molar-refractivity contribution < 1.29 is 13.9 Å². The number of ether oxygens (including phenoxy) is 1. The van der Waals surface area contributed by atoms with Gasteiger partial charge in [0, 0.05) is 17.3 Å². The zero-order valence-electron chi connectivity index (χ0n) is 14.5. The quantitative estimate of drug-likeness (QED) is 0.519. The van der Waals surface area contributed by atoms with Gasteiger partial charge in [0.25, 0.3) is 0 Å². The second kappa shape index (κ2) is 7.39. The molecule has 0 bridgehead atoms. The van der Waals surface area contributed by atoms with E-state index in [0.29, 0.717) is 22.6 Å². The number of cyclic esters (lactones) is 1. The van der Waals surface area contributed by atoms with Gasteiger partial charge in [0.15, 0.2) is 5.82 Å². The van der Waals surface area contributed by atoms with Crippen LogP contribution in [0.25, 0.3) is 16.9 Å². The monoisotopic (exact) mass is 382 g/mol. The molecule has 3 heterocycles. The molecule has 10 nitrogen and oxygen atoms in total. The zero-order valence-corrected chi connectivity index (χ0v) is 14.5. The second-order valence-electron chi connectivity index (χ2n) is 5.95. The molecule has 0 aliphatic carbocycles. The molecule has 4 rings (SSSR count). The highest BCUT2D eigenvalue weighted by Gasteiger charge is 2.32. The highest BCUT2D eigenvalue weighted by atomic mass is 19.1. The molecule has 1 aliphatic rings. The number of rotatable bonds is 5. The zero-order chi connectivity index (χ0) is 19.5. The number of nitrogens with zero attached hydrogens (tertiary/aromatic N) is 7. The third-order valence-corrected chi connectivity index (χ3v) is 4.20. The first kappa shape index (κ1) is 17.5. The molecule has 0 saturated carbocycles. The van der Waals surface area contributed by atoms with E-state index in [1.165, 1.54) is 28.2 Å². The van der Waals surface area contributed by atoms with Crippen molar-refractivity contribution in [1.29, 1.82) is 0 Å². The van der Waals surface area contributed by atoms with Crippen molar-refractivity contribution in [2.75, 3.05) is 18.0 Å². The maximum Gasteiger partial charge on any atom is 0.414 e. The number of halogens is 1. The predicted octanol–water partition coefficient (Wildman–Crippen LogP) is 1.18. The van der Waals surface area contributed by atoms with Gasteiger partial charge in [-0.1, -0.05) is 0 Å². The lowest BCUT2D eigenvalue weighted by Crippen LogP contribution is -2.25. The predicted molar refractivity (Wildman–Crippen MR) is 97.5 cm³/mol. The van der Waals surface area contributed by atoms with Crippen molar-refractivity contribution >= 4 is 18.1 Å². The third-order valence-electron chi connectivity index (χ3n) is 4.20. The first-order valence-corrected chi connectivity index (χ1v) is 8.33. The average molecular weight is 382 g/mol. The molecule has 1 aromatic carbocycles. The van der Waals surface area contributed by atoms with Crippen LogP contribution in [-0.4, -0.2) is 56.8 Å². The molecule has 2 aromatic heterocycles. The Morgan fingerprint density at radius 3 is 2.93 bits per heavy atom. The van der Waals surface area contributed by atoms with Gasteiger partial charge in [0.2, 0.25) is 0 Å². The molecular formula is C17H15FN8O2. The Morgan fingerprint density at radius 2 is 2.25 bits per heavy atom. The van der Waals surface area contributed by atoms with Gasteiger partial charge < -0.3 is 10.5 Å². The summed E-state index contributed by atoms with van der Waals surface area (Å²) in [5.74, 6) is 0.0301. The van der Waals surface area contributed by atoms with Gasteiger partial charge in [-0.2, -0.15) is 4.68 Å². The molecule has 2 N–H and O–H groups in total. The van der Waals surface area contributed by atoms with E-state index in [1.807, 2.05) is 0 Å². The number of hydrogen-bond donors (Lipinski definition) is 1. The number of anilines is 1. The standard InChI is InChI=1S/C17H15FN8O2/c18-15-5-12(25-8-13(7-20-9-19)28-17(25)27)2-3-14(15)11-1-4-16(21-6-11)26-10-22-23-24-26/h1-6,9-10,13H,7-8H2,(H2,19,20). The Morgan fingerprint density at radius 1 is 1.36 bits per heavy atom. The normalized spacial score (nSPS) is 16.7. The van der Waals surface area contributed by atoms with E-state index < -0.39 is 18.0 Å². The lowest BCUT2D eigenvalue weighted by Gasteiger charge is -2.14. The summed E-state index contributed by atoms with van der Waals surface area (Å²) in [7, 11) is 0. The Labute approximate surface area is 158 Å². The molecule has 1 aliphatic heterocycles. The highest BCUT2D eigenvalue weighted by molar-refractivity contribution is 5.90. The molecule has 0 radical (unpaired) electrons. The number of hydrogen-bond acceptors (Lipinski definition) is 7. The maximum atomic E-state index is 14.7. The van der Waals surface area contributed by atoms with Crippen molar-refractivity contribution in [2.45, 2.75) is 6.10 Å². The molecule has 28 heavy (non-hydrogen) atoms. The van der Waals surface area contributed by atoms with Crippen LogP contribution in [0, 0.1) is 5.82 Å². The van der Waals surface area contributed by atoms with Crippen LogP contribution in [0.15, 0.2) is 47.8 Å². The summed E-state index contributed by atoms with van der Waals surface area (Å²) in [5.41, 5.74) is 6.55. The number of carbonyl (C=O) groups excluding carboxylic acids is 1. The van der Waals surface area contributed by atoms with Gasteiger partial charge in [0.05, 0.1) is 25.1 Å². The Bertz CT molecular complexity index is 1010. The van der Waals surface area contributed by atoms with Crippen LogP contribution in [0.1, 0.15) is 0 Å². The Hall–Kier alpha value is -3.89. The highest BCUT2D eigenvalue weighted by Crippen LogP contribution is 2.29. The lowest BCUT2D eigenvalue weighted by molar-refractivity contribution is 0.145. The van der Waals surface area contributed by atoms with E-state index in [1.54, 1.807) is 24.3 Å². The largest absolute Gasteiger partial charge is 0.442 e. The van der Waals surface area contributed by atoms with Crippen molar-refractivity contribution in [1.82, 2.24) is 25.2 Å². The second-order valence-corrected chi connectivity index (χ2v) is 5.95. The first-order chi connectivity index (χ1) is 13.7. The van der Waals surface area contributed by atoms with Crippen LogP contribution in [0.2, 0.25) is 0 Å². The van der Waals surface area contributed by atoms with Gasteiger partial charge in [-0.3, -0.25) is 9.89 Å². The summed E-state index contributed by atoms with van der Waals surface area (Å²) < 4.78 is 21.3. The topological polar surface area (TPSA) is 124 Å². The van der Waals surface area contributed by atoms with Gasteiger partial charge in [-0.05, 0) is 40.8 Å². The smallest absolute Gasteiger partial charge is 0.414 e. The minimum atomic E-state index is -0.545. The molecule has 1 amide bonds. The van der Waals surface area contributed by atoms with Crippen LogP contribution in [-0.2, 0) is 4.74 Å². The summed E-state index contributed by atoms with van der Waals surface area (Å²) in [6, 6.07) is 7.94. The fourth-order valence-corrected chi connectivity index (χ4v) is 2.86. The number of amides is 1. The van der Waals surface area contributed by atoms with Crippen LogP contribution < -0.4 is 10.6 Å². The lowest BCUT2D eigenvalue weighted by atomic mass is 10.1. The Kier molecular flexibility index (Phi) is 4.62. The maximum absolute atomic E-state index is 14.7. The van der Waals surface area contributed by atoms with Crippen LogP contribution in [0.5, 0.6) is 0 Å². The molecule has 1 fully saturated rings. The van der Waals surface area contributed by atoms with Crippen LogP contribution in [0.3, 0.4) is 0 Å². The number of aromatic nitrogens is 5. The molecule has 3 aromatic rings. The summed E-state index contributed by atoms with van der Waals surface area (Å²) in [6.07, 6.45) is 3.14. The first-order valence-electron chi connectivity index (χ1n) is 8.33. The van der Waals surface area contributed by atoms with E-state index in [2.05, 4.69) is 25.5 Å². The number of carbonyl (C=O) groups is 1. The third kappa shape index (κ3) is 3.37. The van der Waals surface area contributed by atoms with Crippen LogP contribution in [0.4, 0.5) is 14.9 Å². The molecular weight excluding hydrogens is 367 g/mol. The molecule has 142 valence electrons. The van der Waals surface area contributed by atoms with E-state index in [-0.39, 0.29) is 13.1 Å². The fraction of sp³-hybridized carbons (Fsp3) is 0.176.